The predicted molar refractivity (Wildman–Crippen MR) is 144 cm³/mol. The molecule has 1 fully saturated rings. The van der Waals surface area contributed by atoms with Gasteiger partial charge in [0.05, 0.1) is 18.3 Å². The molecule has 8 nitrogen and oxygen atoms in total. The van der Waals surface area contributed by atoms with Gasteiger partial charge in [0.25, 0.3) is 0 Å². The molecule has 0 atom stereocenters. The lowest BCUT2D eigenvalue weighted by molar-refractivity contribution is 0.578. The van der Waals surface area contributed by atoms with Crippen LogP contribution < -0.4 is 15.5 Å². The Labute approximate surface area is 210 Å². The average Bonchev–Trinajstić information content (AvgIpc) is 3.32. The number of aromatic nitrogens is 5. The molecule has 3 aromatic carbocycles. The Morgan fingerprint density at radius 1 is 0.750 bits per heavy atom. The molecule has 1 aliphatic rings. The van der Waals surface area contributed by atoms with Gasteiger partial charge in [-0.3, -0.25) is 4.68 Å². The topological polar surface area (TPSA) is 83.8 Å². The number of anilines is 5. The van der Waals surface area contributed by atoms with E-state index in [9.17, 15) is 0 Å². The van der Waals surface area contributed by atoms with E-state index < -0.39 is 0 Å². The van der Waals surface area contributed by atoms with Gasteiger partial charge in [-0.2, -0.15) is 10.1 Å². The van der Waals surface area contributed by atoms with Crippen LogP contribution in [-0.4, -0.2) is 37.8 Å². The number of nitrogens with one attached hydrogen (secondary N) is 2. The number of hydrogen-bond donors (Lipinski definition) is 2. The van der Waals surface area contributed by atoms with E-state index in [0.717, 1.165) is 41.9 Å². The monoisotopic (exact) mass is 476 g/mol. The summed E-state index contributed by atoms with van der Waals surface area (Å²) in [6.07, 6.45) is 7.26. The molecule has 180 valence electrons. The highest BCUT2D eigenvalue weighted by Crippen LogP contribution is 2.24. The summed E-state index contributed by atoms with van der Waals surface area (Å²) in [5.41, 5.74) is 5.40. The van der Waals surface area contributed by atoms with Crippen molar-refractivity contribution in [3.63, 3.8) is 0 Å². The van der Waals surface area contributed by atoms with E-state index in [1.165, 1.54) is 36.8 Å². The molecule has 1 aliphatic heterocycles. The fourth-order valence-corrected chi connectivity index (χ4v) is 4.63. The highest BCUT2D eigenvalue weighted by atomic mass is 15.3. The zero-order valence-corrected chi connectivity index (χ0v) is 20.0. The molecule has 0 bridgehead atoms. The van der Waals surface area contributed by atoms with Gasteiger partial charge in [-0.25, -0.2) is 9.97 Å². The van der Waals surface area contributed by atoms with Crippen LogP contribution >= 0.6 is 0 Å². The zero-order valence-electron chi connectivity index (χ0n) is 20.0. The van der Waals surface area contributed by atoms with Crippen molar-refractivity contribution < 1.29 is 0 Å². The Morgan fingerprint density at radius 3 is 2.25 bits per heavy atom. The molecular formula is C28H28N8. The van der Waals surface area contributed by atoms with Crippen molar-refractivity contribution in [2.75, 3.05) is 28.6 Å². The smallest absolute Gasteiger partial charge is 0.232 e. The second-order valence-electron chi connectivity index (χ2n) is 9.04. The lowest BCUT2D eigenvalue weighted by Gasteiger charge is -2.28. The van der Waals surface area contributed by atoms with Gasteiger partial charge >= 0.3 is 0 Å². The number of piperidine rings is 1. The van der Waals surface area contributed by atoms with Crippen LogP contribution in [0.2, 0.25) is 0 Å². The summed E-state index contributed by atoms with van der Waals surface area (Å²) in [6.45, 7) is 3.00. The first-order valence-corrected chi connectivity index (χ1v) is 12.4. The lowest BCUT2D eigenvalue weighted by atomic mass is 10.1. The molecule has 0 saturated carbocycles. The van der Waals surface area contributed by atoms with Crippen molar-refractivity contribution in [2.45, 2.75) is 25.8 Å². The van der Waals surface area contributed by atoms with E-state index >= 15 is 0 Å². The molecule has 0 radical (unpaired) electrons. The third kappa shape index (κ3) is 4.98. The van der Waals surface area contributed by atoms with Gasteiger partial charge in [-0.05, 0) is 67.3 Å². The molecule has 2 aromatic heterocycles. The molecule has 0 aliphatic carbocycles. The van der Waals surface area contributed by atoms with Crippen molar-refractivity contribution in [2.24, 2.45) is 0 Å². The molecule has 3 heterocycles. The van der Waals surface area contributed by atoms with Gasteiger partial charge in [-0.1, -0.05) is 30.3 Å². The van der Waals surface area contributed by atoms with E-state index in [-0.39, 0.29) is 0 Å². The van der Waals surface area contributed by atoms with Crippen LogP contribution in [0.15, 0.2) is 85.3 Å². The average molecular weight is 477 g/mol. The SMILES string of the molecule is c1ccc(Cn2ncc3cc(Nc4ncnc(Nc5ccc(N6CCCCC6)cc5)n4)ccc32)cc1. The van der Waals surface area contributed by atoms with Crippen LogP contribution in [0.3, 0.4) is 0 Å². The third-order valence-corrected chi connectivity index (χ3v) is 6.49. The Bertz CT molecular complexity index is 1440. The number of nitrogens with zero attached hydrogens (tertiary/aromatic N) is 6. The molecule has 36 heavy (non-hydrogen) atoms. The molecular weight excluding hydrogens is 448 g/mol. The molecule has 5 aromatic rings. The Kier molecular flexibility index (Phi) is 6.14. The summed E-state index contributed by atoms with van der Waals surface area (Å²) in [6, 6.07) is 24.9. The van der Waals surface area contributed by atoms with E-state index in [1.54, 1.807) is 0 Å². The first-order valence-electron chi connectivity index (χ1n) is 12.4. The van der Waals surface area contributed by atoms with Gasteiger partial charge in [0.2, 0.25) is 11.9 Å². The maximum atomic E-state index is 4.57. The fraction of sp³-hybridized carbons (Fsp3) is 0.214. The molecule has 8 heteroatoms. The molecule has 1 saturated heterocycles. The van der Waals surface area contributed by atoms with E-state index in [2.05, 4.69) is 84.1 Å². The van der Waals surface area contributed by atoms with Crippen molar-refractivity contribution in [3.8, 4) is 0 Å². The van der Waals surface area contributed by atoms with Crippen LogP contribution in [0.5, 0.6) is 0 Å². The minimum absolute atomic E-state index is 0.480. The molecule has 0 spiro atoms. The summed E-state index contributed by atoms with van der Waals surface area (Å²) >= 11 is 0. The first kappa shape index (κ1) is 22.0. The van der Waals surface area contributed by atoms with Crippen molar-refractivity contribution >= 4 is 39.9 Å². The number of hydrogen-bond acceptors (Lipinski definition) is 7. The zero-order chi connectivity index (χ0) is 24.2. The van der Waals surface area contributed by atoms with Crippen LogP contribution in [0, 0.1) is 0 Å². The van der Waals surface area contributed by atoms with Crippen molar-refractivity contribution in [1.82, 2.24) is 24.7 Å². The van der Waals surface area contributed by atoms with Crippen LogP contribution in [0.1, 0.15) is 24.8 Å². The van der Waals surface area contributed by atoms with Gasteiger partial charge in [-0.15, -0.1) is 0 Å². The molecule has 0 unspecified atom stereocenters. The van der Waals surface area contributed by atoms with Gasteiger partial charge < -0.3 is 15.5 Å². The minimum atomic E-state index is 0.480. The molecule has 0 amide bonds. The van der Waals surface area contributed by atoms with E-state index in [0.29, 0.717) is 11.9 Å². The van der Waals surface area contributed by atoms with E-state index in [4.69, 9.17) is 0 Å². The number of rotatable bonds is 7. The summed E-state index contributed by atoms with van der Waals surface area (Å²) < 4.78 is 2.01. The first-order chi connectivity index (χ1) is 17.8. The van der Waals surface area contributed by atoms with Crippen LogP contribution in [-0.2, 0) is 6.54 Å². The number of benzene rings is 3. The third-order valence-electron chi connectivity index (χ3n) is 6.49. The van der Waals surface area contributed by atoms with Crippen LogP contribution in [0.25, 0.3) is 10.9 Å². The summed E-state index contributed by atoms with van der Waals surface area (Å²) in [4.78, 5) is 15.6. The molecule has 2 N–H and O–H groups in total. The maximum Gasteiger partial charge on any atom is 0.232 e. The Hall–Kier alpha value is -4.46. The van der Waals surface area contributed by atoms with Gasteiger partial charge in [0.15, 0.2) is 0 Å². The minimum Gasteiger partial charge on any atom is -0.372 e. The van der Waals surface area contributed by atoms with Crippen LogP contribution in [0.4, 0.5) is 29.0 Å². The van der Waals surface area contributed by atoms with Gasteiger partial charge in [0, 0.05) is 35.5 Å². The Balaban J connectivity index is 1.13. The number of fused-ring (bicyclic) bond motifs is 1. The summed E-state index contributed by atoms with van der Waals surface area (Å²) in [5.74, 6) is 0.975. The van der Waals surface area contributed by atoms with Crippen molar-refractivity contribution in [1.29, 1.82) is 0 Å². The highest BCUT2D eigenvalue weighted by molar-refractivity contribution is 5.83. The Morgan fingerprint density at radius 2 is 1.47 bits per heavy atom. The molecule has 6 rings (SSSR count). The fourth-order valence-electron chi connectivity index (χ4n) is 4.63. The second-order valence-corrected chi connectivity index (χ2v) is 9.04. The van der Waals surface area contributed by atoms with Crippen molar-refractivity contribution in [3.05, 3.63) is 90.9 Å². The highest BCUT2D eigenvalue weighted by Gasteiger charge is 2.11. The maximum absolute atomic E-state index is 4.57. The van der Waals surface area contributed by atoms with Gasteiger partial charge in [0.1, 0.15) is 6.33 Å². The second kappa shape index (κ2) is 10.0. The summed E-state index contributed by atoms with van der Waals surface area (Å²) in [5, 5.41) is 12.2. The quantitative estimate of drug-likeness (QED) is 0.310. The largest absolute Gasteiger partial charge is 0.372 e. The lowest BCUT2D eigenvalue weighted by Crippen LogP contribution is -2.29. The summed E-state index contributed by atoms with van der Waals surface area (Å²) in [7, 11) is 0. The predicted octanol–water partition coefficient (Wildman–Crippen LogP) is 5.75. The van der Waals surface area contributed by atoms with E-state index in [1.807, 2.05) is 35.1 Å². The standard InChI is InChI=1S/C28H28N8/c1-3-7-21(8-4-1)19-36-26-14-11-24(17-22(26)18-31-36)33-28-30-20-29-27(34-28)32-23-9-12-25(13-10-23)35-15-5-2-6-16-35/h1,3-4,7-14,17-18,20H,2,5-6,15-16,19H2,(H2,29,30,32,33,34). The normalized spacial score (nSPS) is 13.6.